The lowest BCUT2D eigenvalue weighted by Gasteiger charge is -2.09. The van der Waals surface area contributed by atoms with Crippen molar-refractivity contribution in [3.8, 4) is 0 Å². The molecule has 150 valence electrons. The monoisotopic (exact) mass is 417 g/mol. The van der Waals surface area contributed by atoms with Gasteiger partial charge in [-0.15, -0.1) is 0 Å². The molecule has 2 aromatic carbocycles. The molecule has 0 aliphatic carbocycles. The van der Waals surface area contributed by atoms with E-state index in [-0.39, 0.29) is 16.4 Å². The first-order valence-electron chi connectivity index (χ1n) is 8.11. The maximum Gasteiger partial charge on any atom is 0.323 e. The van der Waals surface area contributed by atoms with Crippen molar-refractivity contribution >= 4 is 38.9 Å². The molecule has 0 aliphatic rings. The van der Waals surface area contributed by atoms with E-state index in [0.29, 0.717) is 17.1 Å². The van der Waals surface area contributed by atoms with Crippen LogP contribution < -0.4 is 15.4 Å². The van der Waals surface area contributed by atoms with Gasteiger partial charge in [0.15, 0.2) is 5.82 Å². The third-order valence-electron chi connectivity index (χ3n) is 3.63. The van der Waals surface area contributed by atoms with Gasteiger partial charge in [-0.3, -0.25) is 14.8 Å². The summed E-state index contributed by atoms with van der Waals surface area (Å²) in [7, 11) is -3.86. The number of hydrogen-bond acceptors (Lipinski definition) is 7. The summed E-state index contributed by atoms with van der Waals surface area (Å²) < 4.78 is 31.7. The van der Waals surface area contributed by atoms with Crippen LogP contribution in [0.15, 0.2) is 64.0 Å². The van der Waals surface area contributed by atoms with Crippen molar-refractivity contribution in [2.45, 2.75) is 11.8 Å². The van der Waals surface area contributed by atoms with Crippen molar-refractivity contribution in [3.63, 3.8) is 0 Å². The number of nitro groups is 1. The van der Waals surface area contributed by atoms with Gasteiger partial charge in [-0.1, -0.05) is 5.16 Å². The van der Waals surface area contributed by atoms with Gasteiger partial charge < -0.3 is 15.2 Å². The number of urea groups is 1. The standard InChI is InChI=1S/C17H15N5O6S/c1-11-10-16(20-28-11)21-29(26,27)15-8-4-13(5-9-15)19-17(23)18-12-2-6-14(7-3-12)22(24)25/h2-10H,1H3,(H,20,21)(H2,18,19,23). The lowest BCUT2D eigenvalue weighted by atomic mass is 10.3. The second-order valence-corrected chi connectivity index (χ2v) is 7.52. The summed E-state index contributed by atoms with van der Waals surface area (Å²) in [5.41, 5.74) is 0.613. The van der Waals surface area contributed by atoms with Crippen LogP contribution in [-0.2, 0) is 10.0 Å². The van der Waals surface area contributed by atoms with E-state index < -0.39 is 21.0 Å². The molecular weight excluding hydrogens is 402 g/mol. The molecule has 0 bridgehead atoms. The predicted octanol–water partition coefficient (Wildman–Crippen LogP) is 3.34. The highest BCUT2D eigenvalue weighted by Crippen LogP contribution is 2.19. The average molecular weight is 417 g/mol. The first-order chi connectivity index (χ1) is 13.7. The Balaban J connectivity index is 1.62. The SMILES string of the molecule is Cc1cc(NS(=O)(=O)c2ccc(NC(=O)Nc3ccc([N+](=O)[O-])cc3)cc2)no1. The minimum atomic E-state index is -3.86. The van der Waals surface area contributed by atoms with Crippen LogP contribution in [0.25, 0.3) is 0 Å². The number of aryl methyl sites for hydroxylation is 1. The summed E-state index contributed by atoms with van der Waals surface area (Å²) in [4.78, 5) is 22.1. The Bertz CT molecular complexity index is 1140. The number of aromatic nitrogens is 1. The van der Waals surface area contributed by atoms with Gasteiger partial charge in [-0.25, -0.2) is 13.2 Å². The summed E-state index contributed by atoms with van der Waals surface area (Å²) in [6.45, 7) is 1.63. The lowest BCUT2D eigenvalue weighted by Crippen LogP contribution is -2.19. The van der Waals surface area contributed by atoms with E-state index in [1.54, 1.807) is 6.92 Å². The number of benzene rings is 2. The third kappa shape index (κ3) is 5.07. The van der Waals surface area contributed by atoms with Gasteiger partial charge in [-0.05, 0) is 43.3 Å². The van der Waals surface area contributed by atoms with E-state index >= 15 is 0 Å². The number of anilines is 3. The molecule has 0 radical (unpaired) electrons. The molecule has 12 heteroatoms. The number of carbonyl (C=O) groups excluding carboxylic acids is 1. The maximum atomic E-state index is 12.3. The Hall–Kier alpha value is -3.93. The highest BCUT2D eigenvalue weighted by molar-refractivity contribution is 7.92. The molecule has 1 heterocycles. The summed E-state index contributed by atoms with van der Waals surface area (Å²) in [5.74, 6) is 0.522. The topological polar surface area (TPSA) is 156 Å². The molecule has 0 spiro atoms. The van der Waals surface area contributed by atoms with Gasteiger partial charge in [0.25, 0.3) is 15.7 Å². The third-order valence-corrected chi connectivity index (χ3v) is 5.00. The lowest BCUT2D eigenvalue weighted by molar-refractivity contribution is -0.384. The minimum Gasteiger partial charge on any atom is -0.360 e. The number of nitrogens with one attached hydrogen (secondary N) is 3. The average Bonchev–Trinajstić information content (AvgIpc) is 3.06. The minimum absolute atomic E-state index is 0.0283. The molecule has 0 fully saturated rings. The normalized spacial score (nSPS) is 10.9. The smallest absolute Gasteiger partial charge is 0.323 e. The fourth-order valence-electron chi connectivity index (χ4n) is 2.29. The van der Waals surface area contributed by atoms with E-state index in [2.05, 4.69) is 20.5 Å². The first kappa shape index (κ1) is 19.8. The number of nitrogens with zero attached hydrogens (tertiary/aromatic N) is 2. The van der Waals surface area contributed by atoms with E-state index in [4.69, 9.17) is 4.52 Å². The van der Waals surface area contributed by atoms with E-state index in [1.807, 2.05) is 0 Å². The van der Waals surface area contributed by atoms with Crippen LogP contribution in [0, 0.1) is 17.0 Å². The van der Waals surface area contributed by atoms with Crippen LogP contribution >= 0.6 is 0 Å². The Kier molecular flexibility index (Phi) is 5.45. The molecular formula is C17H15N5O6S. The zero-order chi connectivity index (χ0) is 21.0. The van der Waals surface area contributed by atoms with E-state index in [0.717, 1.165) is 0 Å². The number of nitro benzene ring substituents is 1. The zero-order valence-electron chi connectivity index (χ0n) is 14.9. The molecule has 0 saturated heterocycles. The summed E-state index contributed by atoms with van der Waals surface area (Å²) in [5, 5.41) is 19.2. The Morgan fingerprint density at radius 1 is 1.03 bits per heavy atom. The van der Waals surface area contributed by atoms with Crippen LogP contribution in [0.5, 0.6) is 0 Å². The Morgan fingerprint density at radius 3 is 2.07 bits per heavy atom. The maximum absolute atomic E-state index is 12.3. The van der Waals surface area contributed by atoms with Crippen LogP contribution in [0.3, 0.4) is 0 Å². The molecule has 0 aliphatic heterocycles. The van der Waals surface area contributed by atoms with Crippen LogP contribution in [0.2, 0.25) is 0 Å². The van der Waals surface area contributed by atoms with E-state index in [1.165, 1.54) is 54.6 Å². The second-order valence-electron chi connectivity index (χ2n) is 5.84. The van der Waals surface area contributed by atoms with Crippen molar-refractivity contribution in [1.82, 2.24) is 5.16 Å². The highest BCUT2D eigenvalue weighted by atomic mass is 32.2. The molecule has 3 N–H and O–H groups in total. The van der Waals surface area contributed by atoms with Gasteiger partial charge in [0, 0.05) is 29.6 Å². The van der Waals surface area contributed by atoms with Crippen LogP contribution in [0.1, 0.15) is 5.76 Å². The van der Waals surface area contributed by atoms with Crippen LogP contribution in [0.4, 0.5) is 27.7 Å². The van der Waals surface area contributed by atoms with Crippen molar-refractivity contribution in [1.29, 1.82) is 0 Å². The van der Waals surface area contributed by atoms with Gasteiger partial charge in [0.05, 0.1) is 9.82 Å². The van der Waals surface area contributed by atoms with Crippen molar-refractivity contribution < 1.29 is 22.7 Å². The fraction of sp³-hybridized carbons (Fsp3) is 0.0588. The largest absolute Gasteiger partial charge is 0.360 e. The number of carbonyl (C=O) groups is 1. The number of amides is 2. The molecule has 3 rings (SSSR count). The zero-order valence-corrected chi connectivity index (χ0v) is 15.8. The van der Waals surface area contributed by atoms with Gasteiger partial charge in [0.1, 0.15) is 5.76 Å². The van der Waals surface area contributed by atoms with Gasteiger partial charge >= 0.3 is 6.03 Å². The number of non-ortho nitro benzene ring substituents is 1. The van der Waals surface area contributed by atoms with Crippen molar-refractivity contribution in [2.75, 3.05) is 15.4 Å². The molecule has 29 heavy (non-hydrogen) atoms. The Morgan fingerprint density at radius 2 is 1.59 bits per heavy atom. The van der Waals surface area contributed by atoms with Gasteiger partial charge in [-0.2, -0.15) is 0 Å². The number of sulfonamides is 1. The molecule has 11 nitrogen and oxygen atoms in total. The number of hydrogen-bond donors (Lipinski definition) is 3. The van der Waals surface area contributed by atoms with Crippen molar-refractivity contribution in [2.24, 2.45) is 0 Å². The van der Waals surface area contributed by atoms with Crippen LogP contribution in [-0.4, -0.2) is 24.5 Å². The molecule has 0 saturated carbocycles. The molecule has 1 aromatic heterocycles. The summed E-state index contributed by atoms with van der Waals surface area (Å²) in [6, 6.07) is 11.6. The number of rotatable bonds is 6. The molecule has 2 amide bonds. The molecule has 3 aromatic rings. The van der Waals surface area contributed by atoms with Gasteiger partial charge in [0.2, 0.25) is 0 Å². The van der Waals surface area contributed by atoms with E-state index in [9.17, 15) is 23.3 Å². The highest BCUT2D eigenvalue weighted by Gasteiger charge is 2.16. The second kappa shape index (κ2) is 7.98. The fourth-order valence-corrected chi connectivity index (χ4v) is 3.27. The Labute approximate surface area is 164 Å². The van der Waals surface area contributed by atoms with Crippen molar-refractivity contribution in [3.05, 3.63) is 70.5 Å². The summed E-state index contributed by atoms with van der Waals surface area (Å²) in [6.07, 6.45) is 0. The first-order valence-corrected chi connectivity index (χ1v) is 9.60. The molecule has 0 atom stereocenters. The molecule has 0 unspecified atom stereocenters. The summed E-state index contributed by atoms with van der Waals surface area (Å²) >= 11 is 0. The quantitative estimate of drug-likeness (QED) is 0.410. The predicted molar refractivity (Wildman–Crippen MR) is 104 cm³/mol.